The zero-order valence-electron chi connectivity index (χ0n) is 14.8. The van der Waals surface area contributed by atoms with E-state index < -0.39 is 28.6 Å². The van der Waals surface area contributed by atoms with Gasteiger partial charge in [0.1, 0.15) is 18.2 Å². The number of fused-ring (bicyclic) bond motifs is 2. The number of rotatable bonds is 4. The molecule has 0 spiro atoms. The van der Waals surface area contributed by atoms with Crippen LogP contribution >= 0.6 is 0 Å². The summed E-state index contributed by atoms with van der Waals surface area (Å²) in [6, 6.07) is 6.21. The lowest BCUT2D eigenvalue weighted by molar-refractivity contribution is -0.938. The van der Waals surface area contributed by atoms with Crippen molar-refractivity contribution in [2.45, 2.75) is 61.7 Å². The van der Waals surface area contributed by atoms with Crippen LogP contribution in [0.1, 0.15) is 24.8 Å². The Labute approximate surface area is 154 Å². The van der Waals surface area contributed by atoms with E-state index in [0.29, 0.717) is 6.61 Å². The number of benzene rings is 1. The predicted octanol–water partition coefficient (Wildman–Crippen LogP) is -0.378. The van der Waals surface area contributed by atoms with E-state index in [2.05, 4.69) is 0 Å². The summed E-state index contributed by atoms with van der Waals surface area (Å²) in [5, 5.41) is 10.9. The quantitative estimate of drug-likeness (QED) is 0.689. The van der Waals surface area contributed by atoms with Gasteiger partial charge >= 0.3 is 0 Å². The molecule has 3 fully saturated rings. The second-order valence-corrected chi connectivity index (χ2v) is 9.01. The van der Waals surface area contributed by atoms with Crippen LogP contribution in [0.3, 0.4) is 0 Å². The number of aryl methyl sites for hydroxylation is 1. The molecule has 3 aliphatic rings. The summed E-state index contributed by atoms with van der Waals surface area (Å²) in [6.45, 7) is 4.14. The molecule has 7 nitrogen and oxygen atoms in total. The van der Waals surface area contributed by atoms with E-state index in [1.165, 1.54) is 23.5 Å². The van der Waals surface area contributed by atoms with Gasteiger partial charge in [0.2, 0.25) is 0 Å². The molecule has 3 aliphatic heterocycles. The summed E-state index contributed by atoms with van der Waals surface area (Å²) >= 11 is 0. The van der Waals surface area contributed by atoms with Gasteiger partial charge in [0, 0.05) is 0 Å². The molecule has 2 N–H and O–H groups in total. The molecule has 2 bridgehead atoms. The predicted molar refractivity (Wildman–Crippen MR) is 92.2 cm³/mol. The fourth-order valence-corrected chi connectivity index (χ4v) is 5.32. The molecule has 0 aromatic heterocycles. The molecule has 3 heterocycles. The zero-order valence-corrected chi connectivity index (χ0v) is 15.7. The molecule has 0 aliphatic carbocycles. The van der Waals surface area contributed by atoms with Crippen molar-refractivity contribution >= 4 is 10.1 Å². The minimum Gasteiger partial charge on any atom is -0.384 e. The highest BCUT2D eigenvalue weighted by Gasteiger charge is 2.56. The lowest BCUT2D eigenvalue weighted by Gasteiger charge is -2.41. The zero-order chi connectivity index (χ0) is 18.3. The third kappa shape index (κ3) is 3.42. The molecule has 0 amide bonds. The highest BCUT2D eigenvalue weighted by atomic mass is 32.2. The Hall–Kier alpha value is -1.03. The average Bonchev–Trinajstić information content (AvgIpc) is 3.06. The fraction of sp³-hybridized carbons (Fsp3) is 0.667. The molecule has 4 rings (SSSR count). The van der Waals surface area contributed by atoms with Crippen LogP contribution in [-0.2, 0) is 23.8 Å². The maximum Gasteiger partial charge on any atom is 0.297 e. The molecular weight excluding hydrogens is 358 g/mol. The van der Waals surface area contributed by atoms with E-state index in [0.717, 1.165) is 31.5 Å². The monoisotopic (exact) mass is 384 g/mol. The number of piperidine rings is 1. The van der Waals surface area contributed by atoms with Gasteiger partial charge in [-0.05, 0) is 38.3 Å². The minimum absolute atomic E-state index is 0.0669. The average molecular weight is 384 g/mol. The summed E-state index contributed by atoms with van der Waals surface area (Å²) in [4.78, 5) is 1.32. The van der Waals surface area contributed by atoms with E-state index in [9.17, 15) is 13.5 Å². The van der Waals surface area contributed by atoms with Crippen molar-refractivity contribution in [3.8, 4) is 0 Å². The Kier molecular flexibility index (Phi) is 5.06. The number of aliphatic hydroxyl groups is 1. The van der Waals surface area contributed by atoms with E-state index in [-0.39, 0.29) is 17.0 Å². The normalized spacial score (nSPS) is 35.5. The molecular formula is C18H26NO6S+. The minimum atomic E-state index is -4.02. The van der Waals surface area contributed by atoms with Crippen molar-refractivity contribution < 1.29 is 32.1 Å². The van der Waals surface area contributed by atoms with Crippen LogP contribution in [0.5, 0.6) is 0 Å². The number of nitrogens with one attached hydrogen (secondary N) is 1. The van der Waals surface area contributed by atoms with Gasteiger partial charge in [-0.3, -0.25) is 4.18 Å². The lowest BCUT2D eigenvalue weighted by atomic mass is 9.94. The van der Waals surface area contributed by atoms with Crippen LogP contribution in [0.15, 0.2) is 29.2 Å². The van der Waals surface area contributed by atoms with E-state index >= 15 is 0 Å². The first-order valence-electron chi connectivity index (χ1n) is 9.25. The molecule has 1 aromatic rings. The van der Waals surface area contributed by atoms with Crippen LogP contribution in [0.4, 0.5) is 0 Å². The summed E-state index contributed by atoms with van der Waals surface area (Å²) in [6.07, 6.45) is 0.319. The van der Waals surface area contributed by atoms with Gasteiger partial charge in [-0.1, -0.05) is 17.7 Å². The Balaban J connectivity index is 1.56. The number of ether oxygens (including phenoxy) is 2. The van der Waals surface area contributed by atoms with Gasteiger partial charge in [0.15, 0.2) is 12.4 Å². The third-order valence-corrected chi connectivity index (χ3v) is 6.95. The molecule has 3 saturated heterocycles. The van der Waals surface area contributed by atoms with E-state index in [1.54, 1.807) is 12.1 Å². The maximum atomic E-state index is 12.7. The van der Waals surface area contributed by atoms with Gasteiger partial charge < -0.3 is 19.5 Å². The van der Waals surface area contributed by atoms with Gasteiger partial charge in [-0.2, -0.15) is 8.42 Å². The van der Waals surface area contributed by atoms with Crippen molar-refractivity contribution in [3.63, 3.8) is 0 Å². The first kappa shape index (κ1) is 18.3. The highest BCUT2D eigenvalue weighted by Crippen LogP contribution is 2.31. The van der Waals surface area contributed by atoms with Crippen molar-refractivity contribution in [1.82, 2.24) is 0 Å². The van der Waals surface area contributed by atoms with Crippen molar-refractivity contribution in [1.29, 1.82) is 0 Å². The first-order valence-corrected chi connectivity index (χ1v) is 10.7. The van der Waals surface area contributed by atoms with Gasteiger partial charge in [0.25, 0.3) is 10.1 Å². The largest absolute Gasteiger partial charge is 0.384 e. The molecule has 144 valence electrons. The van der Waals surface area contributed by atoms with Crippen LogP contribution < -0.4 is 4.90 Å². The third-order valence-electron chi connectivity index (χ3n) is 5.62. The number of quaternary nitrogens is 1. The molecule has 1 aromatic carbocycles. The Bertz CT molecular complexity index is 731. The maximum absolute atomic E-state index is 12.7. The Morgan fingerprint density at radius 3 is 2.54 bits per heavy atom. The Morgan fingerprint density at radius 2 is 1.85 bits per heavy atom. The van der Waals surface area contributed by atoms with Crippen molar-refractivity contribution in [2.24, 2.45) is 0 Å². The topological polar surface area (TPSA) is 86.5 Å². The molecule has 26 heavy (non-hydrogen) atoms. The van der Waals surface area contributed by atoms with Crippen LogP contribution in [-0.4, -0.2) is 63.9 Å². The van der Waals surface area contributed by atoms with Crippen molar-refractivity contribution in [2.75, 3.05) is 19.7 Å². The van der Waals surface area contributed by atoms with Gasteiger partial charge in [-0.15, -0.1) is 0 Å². The van der Waals surface area contributed by atoms with E-state index in [1.807, 2.05) is 6.92 Å². The van der Waals surface area contributed by atoms with E-state index in [4.69, 9.17) is 13.7 Å². The molecule has 8 heteroatoms. The number of aliphatic hydroxyl groups excluding tert-OH is 1. The number of hydrogen-bond acceptors (Lipinski definition) is 6. The van der Waals surface area contributed by atoms with Crippen LogP contribution in [0.25, 0.3) is 0 Å². The van der Waals surface area contributed by atoms with Crippen molar-refractivity contribution in [3.05, 3.63) is 29.8 Å². The summed E-state index contributed by atoms with van der Waals surface area (Å²) < 4.78 is 42.2. The number of hydrogen-bond donors (Lipinski definition) is 2. The van der Waals surface area contributed by atoms with Crippen LogP contribution in [0, 0.1) is 6.92 Å². The lowest BCUT2D eigenvalue weighted by Crippen LogP contribution is -3.19. The molecule has 0 unspecified atom stereocenters. The summed E-state index contributed by atoms with van der Waals surface area (Å²) in [5.41, 5.74) is 0.959. The molecule has 0 radical (unpaired) electrons. The number of likely N-dealkylation sites (tertiary alicyclic amines) is 1. The van der Waals surface area contributed by atoms with Crippen LogP contribution in [0.2, 0.25) is 0 Å². The summed E-state index contributed by atoms with van der Waals surface area (Å²) in [7, 11) is -4.02. The molecule has 0 saturated carbocycles. The smallest absolute Gasteiger partial charge is 0.297 e. The SMILES string of the molecule is Cc1ccc(S(=O)(=O)O[C@@H]2[C@H]3OC[C@H](O3)[C@H]([NH+]3CCCCC3)[C@H]2O)cc1. The molecule has 5 atom stereocenters. The second-order valence-electron chi connectivity index (χ2n) is 7.44. The second kappa shape index (κ2) is 7.18. The Morgan fingerprint density at radius 1 is 1.15 bits per heavy atom. The summed E-state index contributed by atoms with van der Waals surface area (Å²) in [5.74, 6) is 0. The fourth-order valence-electron chi connectivity index (χ4n) is 4.24. The van der Waals surface area contributed by atoms with Gasteiger partial charge in [0.05, 0.1) is 24.6 Å². The van der Waals surface area contributed by atoms with Gasteiger partial charge in [-0.25, -0.2) is 0 Å². The highest BCUT2D eigenvalue weighted by molar-refractivity contribution is 7.86. The standard InChI is InChI=1S/C18H25NO6S/c1-12-5-7-13(8-6-12)26(21,22)25-17-16(20)15(14-11-23-18(17)24-14)19-9-3-2-4-10-19/h5-8,14-18,20H,2-4,9-11H2,1H3/p+1/t14-,15-,16+,17-,18-/m0/s1. The first-order chi connectivity index (χ1) is 12.5.